The highest BCUT2D eigenvalue weighted by Crippen LogP contribution is 2.39. The summed E-state index contributed by atoms with van der Waals surface area (Å²) in [6.45, 7) is 0.954. The van der Waals surface area contributed by atoms with Crippen LogP contribution >= 0.6 is 39.5 Å². The Kier molecular flexibility index (Phi) is 14.6. The van der Waals surface area contributed by atoms with Crippen molar-refractivity contribution < 1.29 is 44.7 Å². The minimum Gasteiger partial charge on any atom is -0.383 e. The second kappa shape index (κ2) is 19.2. The molecule has 3 aromatic carbocycles. The number of nitrogens with zero attached hydrogens (tertiary/aromatic N) is 5. The van der Waals surface area contributed by atoms with Crippen molar-refractivity contribution in [3.05, 3.63) is 104 Å². The van der Waals surface area contributed by atoms with E-state index in [1.54, 1.807) is 0 Å². The van der Waals surface area contributed by atoms with Gasteiger partial charge in [0, 0.05) is 22.3 Å². The smallest absolute Gasteiger partial charge is 0.282 e. The molecule has 1 atom stereocenters. The van der Waals surface area contributed by atoms with Gasteiger partial charge in [0.05, 0.1) is 45.8 Å². The number of hydrogen-bond donors (Lipinski definition) is 3. The van der Waals surface area contributed by atoms with Crippen LogP contribution < -0.4 is 21.3 Å². The third-order valence-corrected chi connectivity index (χ3v) is 10.2. The van der Waals surface area contributed by atoms with Crippen LogP contribution in [0.25, 0.3) is 0 Å². The molecule has 2 amide bonds. The molecule has 0 aliphatic heterocycles. The average Bonchev–Trinajstić information content (AvgIpc) is 3.87. The van der Waals surface area contributed by atoms with Crippen molar-refractivity contribution >= 4 is 80.9 Å². The lowest BCUT2D eigenvalue weighted by molar-refractivity contribution is -0.122. The number of nitrogens with two attached hydrogens (primary N) is 1. The van der Waals surface area contributed by atoms with Crippen LogP contribution in [0.15, 0.2) is 68.5 Å². The molecule has 21 heteroatoms. The lowest BCUT2D eigenvalue weighted by atomic mass is 10.0. The van der Waals surface area contributed by atoms with Crippen LogP contribution in [0.1, 0.15) is 58.6 Å². The van der Waals surface area contributed by atoms with E-state index in [-0.39, 0.29) is 49.9 Å². The van der Waals surface area contributed by atoms with Gasteiger partial charge in [-0.2, -0.15) is 9.50 Å². The molecule has 0 spiro atoms. The largest absolute Gasteiger partial charge is 0.383 e. The number of alkyl halides is 6. The van der Waals surface area contributed by atoms with Gasteiger partial charge >= 0.3 is 0 Å². The maximum Gasteiger partial charge on any atom is 0.282 e. The number of aromatic nitrogens is 2. The van der Waals surface area contributed by atoms with E-state index in [9.17, 15) is 44.7 Å². The lowest BCUT2D eigenvalue weighted by Crippen LogP contribution is -2.48. The zero-order chi connectivity index (χ0) is 41.6. The number of halogens is 10. The van der Waals surface area contributed by atoms with Crippen LogP contribution in [0.2, 0.25) is 5.02 Å². The molecule has 1 heterocycles. The number of anilines is 2. The summed E-state index contributed by atoms with van der Waals surface area (Å²) in [6.07, 6.45) is -8.12. The van der Waals surface area contributed by atoms with Crippen LogP contribution in [0, 0.1) is 11.6 Å². The Balaban J connectivity index is 1.65. The zero-order valence-corrected chi connectivity index (χ0v) is 32.5. The van der Waals surface area contributed by atoms with Gasteiger partial charge in [-0.1, -0.05) is 27.5 Å². The van der Waals surface area contributed by atoms with Crippen molar-refractivity contribution in [1.29, 1.82) is 0 Å². The van der Waals surface area contributed by atoms with Crippen LogP contribution in [0.3, 0.4) is 0 Å². The maximum atomic E-state index is 14.7. The number of benzene rings is 3. The summed E-state index contributed by atoms with van der Waals surface area (Å²) in [7, 11) is 0. The summed E-state index contributed by atoms with van der Waals surface area (Å²) in [5, 5.41) is 8.71. The van der Waals surface area contributed by atoms with Crippen molar-refractivity contribution in [3.8, 4) is 0 Å². The molecule has 57 heavy (non-hydrogen) atoms. The van der Waals surface area contributed by atoms with Crippen molar-refractivity contribution in [2.75, 3.05) is 23.3 Å². The highest BCUT2D eigenvalue weighted by Gasteiger charge is 2.31. The highest BCUT2D eigenvalue weighted by molar-refractivity contribution is 9.10. The fourth-order valence-electron chi connectivity index (χ4n) is 5.67. The maximum absolute atomic E-state index is 14.7. The molecule has 1 saturated carbocycles. The van der Waals surface area contributed by atoms with E-state index >= 15 is 0 Å². The zero-order valence-electron chi connectivity index (χ0n) is 29.4. The Bertz CT molecular complexity index is 2140. The fraction of sp³-hybridized carbons (Fsp3) is 0.306. The van der Waals surface area contributed by atoms with Crippen LogP contribution in [-0.4, -0.2) is 65.0 Å². The molecule has 1 unspecified atom stereocenters. The molecule has 1 aromatic heterocycles. The Morgan fingerprint density at radius 1 is 1.04 bits per heavy atom. The number of amidine groups is 1. The molecule has 4 N–H and O–H groups in total. The van der Waals surface area contributed by atoms with Crippen LogP contribution in [-0.2, 0) is 17.8 Å². The Morgan fingerprint density at radius 3 is 2.35 bits per heavy atom. The first-order valence-electron chi connectivity index (χ1n) is 16.8. The SMILES string of the molecule is C=Nc1cc(Br)ccc1C(=O)N(CC(Cc1cc(F)cc(F)c1)NC(=O)Cn1nc(C(F)F)cc1C(F)F)c1ccc(Cl)c(C(N)=NSC2CC2)c1NCC(F)F. The Hall–Kier alpha value is -4.69. The normalized spacial score (nSPS) is 13.7. The number of carbonyl (C=O) groups excluding carboxylic acids is 2. The molecule has 1 fully saturated rings. The van der Waals surface area contributed by atoms with Crippen molar-refractivity contribution in [2.24, 2.45) is 15.1 Å². The Morgan fingerprint density at radius 2 is 1.74 bits per heavy atom. The number of hydrogen-bond acceptors (Lipinski definition) is 7. The summed E-state index contributed by atoms with van der Waals surface area (Å²) in [4.78, 5) is 33.2. The van der Waals surface area contributed by atoms with Gasteiger partial charge in [-0.3, -0.25) is 19.3 Å². The quantitative estimate of drug-likeness (QED) is 0.0396. The second-order valence-electron chi connectivity index (χ2n) is 12.6. The fourth-order valence-corrected chi connectivity index (χ4v) is 6.97. The second-order valence-corrected chi connectivity index (χ2v) is 15.0. The standard InChI is InChI=1S/C36H32BrClF8N8O2S/c1-48-25-11-18(37)2-5-23(25)36(56)53(27-7-6-24(38)31(32(27)49-14-29(41)42)35(47)52-57-22-3-4-22)15-21(10-17-8-19(39)12-20(40)9-17)50-30(55)16-54-28(34(45)46)13-26(51-54)33(43)44/h2,5-9,11-13,21-22,29,33-34,49H,1,3-4,10,14-16H2,(H2,47,52)(H,50,55). The van der Waals surface area contributed by atoms with E-state index in [0.717, 1.165) is 41.8 Å². The minimum absolute atomic E-state index is 0.0315. The van der Waals surface area contributed by atoms with E-state index in [4.69, 9.17) is 17.3 Å². The predicted octanol–water partition coefficient (Wildman–Crippen LogP) is 9.05. The molecule has 0 saturated heterocycles. The van der Waals surface area contributed by atoms with Gasteiger partial charge in [-0.25, -0.2) is 35.1 Å². The van der Waals surface area contributed by atoms with Gasteiger partial charge < -0.3 is 21.3 Å². The third kappa shape index (κ3) is 11.5. The van der Waals surface area contributed by atoms with Crippen molar-refractivity contribution in [2.45, 2.75) is 56.4 Å². The number of carbonyl (C=O) groups is 2. The van der Waals surface area contributed by atoms with E-state index < -0.39 is 86.2 Å². The minimum atomic E-state index is -3.30. The highest BCUT2D eigenvalue weighted by atomic mass is 79.9. The molecular weight excluding hydrogens is 876 g/mol. The van der Waals surface area contributed by atoms with Crippen LogP contribution in [0.4, 0.5) is 52.2 Å². The molecule has 4 aromatic rings. The van der Waals surface area contributed by atoms with Gasteiger partial charge in [-0.05, 0) is 92.0 Å². The molecule has 1 aliphatic rings. The monoisotopic (exact) mass is 906 g/mol. The van der Waals surface area contributed by atoms with Gasteiger partial charge in [0.2, 0.25) is 5.91 Å². The number of rotatable bonds is 18. The molecule has 1 aliphatic carbocycles. The molecular formula is C36H32BrClF8N8O2S. The summed E-state index contributed by atoms with van der Waals surface area (Å²) in [6, 6.07) is 8.59. The van der Waals surface area contributed by atoms with Crippen LogP contribution in [0.5, 0.6) is 0 Å². The van der Waals surface area contributed by atoms with Gasteiger partial charge in [-0.15, -0.1) is 0 Å². The molecule has 304 valence electrons. The average molecular weight is 908 g/mol. The predicted molar refractivity (Wildman–Crippen MR) is 206 cm³/mol. The van der Waals surface area contributed by atoms with Gasteiger partial charge in [0.1, 0.15) is 35.4 Å². The molecule has 0 bridgehead atoms. The first-order valence-corrected chi connectivity index (χ1v) is 18.9. The lowest BCUT2D eigenvalue weighted by Gasteiger charge is -2.32. The van der Waals surface area contributed by atoms with Gasteiger partial charge in [0.25, 0.3) is 25.2 Å². The summed E-state index contributed by atoms with van der Waals surface area (Å²) in [5.74, 6) is -4.07. The van der Waals surface area contributed by atoms with E-state index in [1.165, 1.54) is 30.3 Å². The number of amides is 2. The molecule has 10 nitrogen and oxygen atoms in total. The molecule has 0 radical (unpaired) electrons. The van der Waals surface area contributed by atoms with Gasteiger partial charge in [0.15, 0.2) is 0 Å². The summed E-state index contributed by atoms with van der Waals surface area (Å²) in [5.41, 5.74) is 4.01. The molecule has 5 rings (SSSR count). The van der Waals surface area contributed by atoms with Crippen molar-refractivity contribution in [1.82, 2.24) is 15.1 Å². The summed E-state index contributed by atoms with van der Waals surface area (Å²) < 4.78 is 116. The first kappa shape index (κ1) is 43.4. The number of nitrogens with one attached hydrogen (secondary N) is 2. The number of aliphatic imine (C=N–C) groups is 1. The first-order chi connectivity index (χ1) is 27.0. The van der Waals surface area contributed by atoms with E-state index in [2.05, 4.69) is 47.8 Å². The van der Waals surface area contributed by atoms with E-state index in [1.807, 2.05) is 0 Å². The van der Waals surface area contributed by atoms with E-state index in [0.29, 0.717) is 21.3 Å². The topological polar surface area (TPSA) is 130 Å². The van der Waals surface area contributed by atoms with Crippen molar-refractivity contribution in [3.63, 3.8) is 0 Å². The Labute approximate surface area is 338 Å². The summed E-state index contributed by atoms with van der Waals surface area (Å²) >= 11 is 11.0. The third-order valence-electron chi connectivity index (χ3n) is 8.29.